The normalized spacial score (nSPS) is 10.2. The van der Waals surface area contributed by atoms with Crippen LogP contribution in [0.5, 0.6) is 0 Å². The molecular weight excluding hydrogens is 335 g/mol. The minimum atomic E-state index is -0.409. The number of amides is 2. The molecule has 0 heterocycles. The van der Waals surface area contributed by atoms with Gasteiger partial charge in [0, 0.05) is 21.3 Å². The van der Waals surface area contributed by atoms with Crippen molar-refractivity contribution in [3.63, 3.8) is 0 Å². The van der Waals surface area contributed by atoms with Gasteiger partial charge in [0.05, 0.1) is 6.54 Å². The van der Waals surface area contributed by atoms with Gasteiger partial charge in [-0.1, -0.05) is 48.3 Å². The van der Waals surface area contributed by atoms with Gasteiger partial charge in [0.25, 0.3) is 5.91 Å². The third-order valence-electron chi connectivity index (χ3n) is 3.21. The van der Waals surface area contributed by atoms with Crippen LogP contribution in [0, 0.1) is 0 Å². The summed E-state index contributed by atoms with van der Waals surface area (Å²) >= 11 is 11.7. The van der Waals surface area contributed by atoms with Gasteiger partial charge in [-0.05, 0) is 36.2 Å². The van der Waals surface area contributed by atoms with Crippen LogP contribution in [0.25, 0.3) is 0 Å². The van der Waals surface area contributed by atoms with Gasteiger partial charge in [-0.25, -0.2) is 0 Å². The highest BCUT2D eigenvalue weighted by atomic mass is 35.5. The molecule has 0 aromatic heterocycles. The molecule has 0 atom stereocenters. The van der Waals surface area contributed by atoms with Crippen molar-refractivity contribution in [1.82, 2.24) is 5.32 Å². The van der Waals surface area contributed by atoms with E-state index in [4.69, 9.17) is 23.2 Å². The molecule has 0 fully saturated rings. The third-order valence-corrected chi connectivity index (χ3v) is 3.64. The first kappa shape index (κ1) is 17.3. The first-order chi connectivity index (χ1) is 11.0. The Morgan fingerprint density at radius 1 is 1.04 bits per heavy atom. The van der Waals surface area contributed by atoms with Crippen molar-refractivity contribution in [2.75, 3.05) is 11.9 Å². The first-order valence-corrected chi connectivity index (χ1v) is 7.87. The minimum absolute atomic E-state index is 0.138. The summed E-state index contributed by atoms with van der Waals surface area (Å²) in [5.74, 6) is -0.708. The van der Waals surface area contributed by atoms with E-state index in [9.17, 15) is 9.59 Å². The number of hydrogen-bond donors (Lipinski definition) is 2. The molecule has 0 radical (unpaired) electrons. The molecule has 2 rings (SSSR count). The van der Waals surface area contributed by atoms with E-state index < -0.39 is 5.91 Å². The van der Waals surface area contributed by atoms with Gasteiger partial charge >= 0.3 is 0 Å². The number of carbonyl (C=O) groups is 2. The quantitative estimate of drug-likeness (QED) is 0.858. The van der Waals surface area contributed by atoms with E-state index in [1.165, 1.54) is 18.2 Å². The average Bonchev–Trinajstić information content (AvgIpc) is 2.52. The van der Waals surface area contributed by atoms with E-state index in [1.807, 2.05) is 31.2 Å². The van der Waals surface area contributed by atoms with E-state index in [1.54, 1.807) is 0 Å². The van der Waals surface area contributed by atoms with Crippen molar-refractivity contribution < 1.29 is 9.59 Å². The Morgan fingerprint density at radius 2 is 1.70 bits per heavy atom. The molecule has 0 aliphatic rings. The largest absolute Gasteiger partial charge is 0.343 e. The molecule has 0 aliphatic heterocycles. The third kappa shape index (κ3) is 4.98. The summed E-state index contributed by atoms with van der Waals surface area (Å²) < 4.78 is 0. The molecule has 2 aromatic carbocycles. The van der Waals surface area contributed by atoms with Crippen LogP contribution in [0.4, 0.5) is 5.69 Å². The van der Waals surface area contributed by atoms with E-state index >= 15 is 0 Å². The van der Waals surface area contributed by atoms with E-state index in [-0.39, 0.29) is 12.5 Å². The second-order valence-electron chi connectivity index (χ2n) is 4.90. The number of hydrogen-bond acceptors (Lipinski definition) is 2. The van der Waals surface area contributed by atoms with Crippen LogP contribution in [0.1, 0.15) is 22.8 Å². The van der Waals surface area contributed by atoms with Crippen LogP contribution < -0.4 is 10.6 Å². The average molecular weight is 351 g/mol. The minimum Gasteiger partial charge on any atom is -0.343 e. The zero-order valence-electron chi connectivity index (χ0n) is 12.5. The molecule has 23 heavy (non-hydrogen) atoms. The topological polar surface area (TPSA) is 58.2 Å². The molecule has 0 bridgehead atoms. The van der Waals surface area contributed by atoms with Gasteiger partial charge in [0.2, 0.25) is 5.91 Å². The maximum absolute atomic E-state index is 12.0. The fourth-order valence-electron chi connectivity index (χ4n) is 2.09. The monoisotopic (exact) mass is 350 g/mol. The summed E-state index contributed by atoms with van der Waals surface area (Å²) in [6.45, 7) is 1.87. The Labute approximate surface area is 144 Å². The number of halogens is 2. The summed E-state index contributed by atoms with van der Waals surface area (Å²) in [5.41, 5.74) is 2.10. The van der Waals surface area contributed by atoms with Crippen molar-refractivity contribution in [3.05, 3.63) is 63.6 Å². The summed E-state index contributed by atoms with van der Waals surface area (Å²) in [6.07, 6.45) is 0.809. The number of benzene rings is 2. The van der Waals surface area contributed by atoms with Gasteiger partial charge in [0.15, 0.2) is 0 Å². The van der Waals surface area contributed by atoms with Crippen LogP contribution in [0.15, 0.2) is 42.5 Å². The Balaban J connectivity index is 1.95. The van der Waals surface area contributed by atoms with Gasteiger partial charge in [0.1, 0.15) is 0 Å². The Morgan fingerprint density at radius 3 is 2.35 bits per heavy atom. The number of aryl methyl sites for hydroxylation is 1. The highest BCUT2D eigenvalue weighted by molar-refractivity contribution is 6.35. The lowest BCUT2D eigenvalue weighted by atomic mass is 10.1. The first-order valence-electron chi connectivity index (χ1n) is 7.11. The summed E-state index contributed by atoms with van der Waals surface area (Å²) in [4.78, 5) is 24.0. The Kier molecular flexibility index (Phi) is 6.02. The molecule has 2 amide bonds. The van der Waals surface area contributed by atoms with Crippen LogP contribution in [-0.4, -0.2) is 18.4 Å². The highest BCUT2D eigenvalue weighted by Gasteiger charge is 2.11. The van der Waals surface area contributed by atoms with Crippen molar-refractivity contribution in [2.24, 2.45) is 0 Å². The lowest BCUT2D eigenvalue weighted by molar-refractivity contribution is -0.115. The van der Waals surface area contributed by atoms with Crippen molar-refractivity contribution in [3.8, 4) is 0 Å². The lowest BCUT2D eigenvalue weighted by Crippen LogP contribution is -2.33. The lowest BCUT2D eigenvalue weighted by Gasteiger charge is -2.10. The molecular formula is C17H16Cl2N2O2. The summed E-state index contributed by atoms with van der Waals surface area (Å²) in [7, 11) is 0. The molecule has 0 saturated heterocycles. The van der Waals surface area contributed by atoms with Gasteiger partial charge in [-0.2, -0.15) is 0 Å². The van der Waals surface area contributed by atoms with Crippen LogP contribution >= 0.6 is 23.2 Å². The molecule has 0 aliphatic carbocycles. The number of para-hydroxylation sites is 1. The van der Waals surface area contributed by atoms with Crippen LogP contribution in [0.2, 0.25) is 10.0 Å². The molecule has 2 aromatic rings. The van der Waals surface area contributed by atoms with Gasteiger partial charge < -0.3 is 10.6 Å². The van der Waals surface area contributed by atoms with Gasteiger partial charge in [-0.15, -0.1) is 0 Å². The van der Waals surface area contributed by atoms with Crippen molar-refractivity contribution in [2.45, 2.75) is 13.3 Å². The predicted octanol–water partition coefficient (Wildman–Crippen LogP) is 3.92. The number of carbonyl (C=O) groups excluding carboxylic acids is 2. The van der Waals surface area contributed by atoms with Crippen molar-refractivity contribution >= 4 is 40.7 Å². The van der Waals surface area contributed by atoms with E-state index in [0.29, 0.717) is 15.6 Å². The number of rotatable bonds is 5. The fourth-order valence-corrected chi connectivity index (χ4v) is 2.62. The van der Waals surface area contributed by atoms with E-state index in [2.05, 4.69) is 10.6 Å². The van der Waals surface area contributed by atoms with Crippen LogP contribution in [0.3, 0.4) is 0 Å². The molecule has 0 saturated carbocycles. The second-order valence-corrected chi connectivity index (χ2v) is 5.77. The molecule has 0 spiro atoms. The highest BCUT2D eigenvalue weighted by Crippen LogP contribution is 2.19. The predicted molar refractivity (Wildman–Crippen MR) is 93.2 cm³/mol. The molecule has 4 nitrogen and oxygen atoms in total. The maximum Gasteiger partial charge on any atom is 0.251 e. The van der Waals surface area contributed by atoms with Crippen molar-refractivity contribution in [1.29, 1.82) is 0 Å². The SMILES string of the molecule is CCc1ccccc1NC(=O)CNC(=O)c1cc(Cl)cc(Cl)c1. The van der Waals surface area contributed by atoms with Crippen LogP contribution in [-0.2, 0) is 11.2 Å². The van der Waals surface area contributed by atoms with E-state index in [0.717, 1.165) is 17.7 Å². The number of anilines is 1. The number of nitrogens with one attached hydrogen (secondary N) is 2. The maximum atomic E-state index is 12.0. The zero-order chi connectivity index (χ0) is 16.8. The Bertz CT molecular complexity index is 712. The molecule has 2 N–H and O–H groups in total. The standard InChI is InChI=1S/C17H16Cl2N2O2/c1-2-11-5-3-4-6-15(11)21-16(22)10-20-17(23)12-7-13(18)9-14(19)8-12/h3-9H,2,10H2,1H3,(H,20,23)(H,21,22). The summed E-state index contributed by atoms with van der Waals surface area (Å²) in [6, 6.07) is 12.1. The molecule has 0 unspecified atom stereocenters. The van der Waals surface area contributed by atoms with Gasteiger partial charge in [-0.3, -0.25) is 9.59 Å². The molecule has 120 valence electrons. The Hall–Kier alpha value is -2.04. The fraction of sp³-hybridized carbons (Fsp3) is 0.176. The smallest absolute Gasteiger partial charge is 0.251 e. The molecule has 6 heteroatoms. The zero-order valence-corrected chi connectivity index (χ0v) is 14.0. The second kappa shape index (κ2) is 7.99. The summed E-state index contributed by atoms with van der Waals surface area (Å²) in [5, 5.41) is 6.06.